The zero-order valence-electron chi connectivity index (χ0n) is 17.2. The molecule has 0 fully saturated rings. The fraction of sp³-hybridized carbons (Fsp3) is 0.125. The van der Waals surface area contributed by atoms with Gasteiger partial charge in [-0.05, 0) is 31.2 Å². The Morgan fingerprint density at radius 2 is 1.53 bits per heavy atom. The first-order chi connectivity index (χ1) is 15.3. The molecule has 8 nitrogen and oxygen atoms in total. The molecule has 1 amide bonds. The Morgan fingerprint density at radius 1 is 0.906 bits per heavy atom. The molecule has 162 valence electrons. The number of aryl methyl sites for hydroxylation is 1. The number of nitrogens with zero attached hydrogens (tertiary/aromatic N) is 1. The van der Waals surface area contributed by atoms with Gasteiger partial charge in [-0.3, -0.25) is 24.5 Å². The highest BCUT2D eigenvalue weighted by Gasteiger charge is 2.27. The Bertz CT molecular complexity index is 1130. The van der Waals surface area contributed by atoms with E-state index in [1.54, 1.807) is 54.6 Å². The van der Waals surface area contributed by atoms with Gasteiger partial charge in [-0.2, -0.15) is 0 Å². The minimum Gasteiger partial charge on any atom is -0.448 e. The summed E-state index contributed by atoms with van der Waals surface area (Å²) in [6, 6.07) is 20.2. The molecule has 3 aromatic carbocycles. The van der Waals surface area contributed by atoms with Crippen LogP contribution >= 0.6 is 0 Å². The van der Waals surface area contributed by atoms with E-state index in [2.05, 4.69) is 5.32 Å². The summed E-state index contributed by atoms with van der Waals surface area (Å²) < 4.78 is 5.39. The van der Waals surface area contributed by atoms with Crippen molar-refractivity contribution in [3.8, 4) is 0 Å². The summed E-state index contributed by atoms with van der Waals surface area (Å²) >= 11 is 0. The van der Waals surface area contributed by atoms with Crippen LogP contribution in [0.1, 0.15) is 37.9 Å². The lowest BCUT2D eigenvalue weighted by Crippen LogP contribution is -2.32. The number of hydrogen-bond acceptors (Lipinski definition) is 6. The highest BCUT2D eigenvalue weighted by Crippen LogP contribution is 2.25. The van der Waals surface area contributed by atoms with E-state index in [9.17, 15) is 24.5 Å². The summed E-state index contributed by atoms with van der Waals surface area (Å²) in [6.45, 7) is 1.44. The van der Waals surface area contributed by atoms with E-state index in [1.165, 1.54) is 24.3 Å². The molecule has 0 aliphatic carbocycles. The molecule has 3 rings (SSSR count). The van der Waals surface area contributed by atoms with Crippen molar-refractivity contribution in [2.45, 2.75) is 13.0 Å². The Morgan fingerprint density at radius 3 is 2.12 bits per heavy atom. The molecule has 0 saturated carbocycles. The van der Waals surface area contributed by atoms with Crippen LogP contribution in [0.5, 0.6) is 0 Å². The van der Waals surface area contributed by atoms with Gasteiger partial charge in [0, 0.05) is 28.8 Å². The number of Topliss-reactive ketones (excluding diaryl/α,β-unsaturated/α-hetero) is 1. The van der Waals surface area contributed by atoms with E-state index in [0.717, 1.165) is 5.56 Å². The Hall–Kier alpha value is -4.33. The molecule has 0 saturated heterocycles. The number of amides is 1. The third-order valence-electron chi connectivity index (χ3n) is 4.66. The van der Waals surface area contributed by atoms with Gasteiger partial charge in [0.1, 0.15) is 6.54 Å². The zero-order chi connectivity index (χ0) is 23.1. The van der Waals surface area contributed by atoms with E-state index in [-0.39, 0.29) is 11.3 Å². The van der Waals surface area contributed by atoms with Crippen molar-refractivity contribution in [2.75, 3.05) is 6.54 Å². The molecular formula is C24H20N2O6. The van der Waals surface area contributed by atoms with Crippen LogP contribution in [-0.2, 0) is 9.53 Å². The molecular weight excluding hydrogens is 412 g/mol. The van der Waals surface area contributed by atoms with Crippen LogP contribution in [0.15, 0.2) is 78.9 Å². The number of carbonyl (C=O) groups excluding carboxylic acids is 3. The average molecular weight is 432 g/mol. The number of nitro benzene ring substituents is 1. The molecule has 0 aliphatic rings. The third kappa shape index (κ3) is 5.63. The fourth-order valence-corrected chi connectivity index (χ4v) is 2.93. The highest BCUT2D eigenvalue weighted by molar-refractivity contribution is 6.01. The van der Waals surface area contributed by atoms with E-state index >= 15 is 0 Å². The van der Waals surface area contributed by atoms with Crippen molar-refractivity contribution in [3.05, 3.63) is 111 Å². The maximum absolute atomic E-state index is 13.0. The average Bonchev–Trinajstić information content (AvgIpc) is 2.81. The third-order valence-corrected chi connectivity index (χ3v) is 4.66. The predicted molar refractivity (Wildman–Crippen MR) is 116 cm³/mol. The van der Waals surface area contributed by atoms with E-state index in [4.69, 9.17) is 4.74 Å². The molecule has 0 spiro atoms. The van der Waals surface area contributed by atoms with Gasteiger partial charge < -0.3 is 10.1 Å². The Kier molecular flexibility index (Phi) is 7.07. The van der Waals surface area contributed by atoms with Crippen LogP contribution < -0.4 is 5.32 Å². The molecule has 3 aromatic rings. The van der Waals surface area contributed by atoms with Crippen molar-refractivity contribution in [2.24, 2.45) is 0 Å². The van der Waals surface area contributed by atoms with Crippen LogP contribution in [0, 0.1) is 17.0 Å². The van der Waals surface area contributed by atoms with Gasteiger partial charge in [-0.1, -0.05) is 48.0 Å². The number of ether oxygens (including phenoxy) is 1. The number of rotatable bonds is 8. The Balaban J connectivity index is 1.74. The van der Waals surface area contributed by atoms with Crippen LogP contribution in [0.3, 0.4) is 0 Å². The zero-order valence-corrected chi connectivity index (χ0v) is 17.2. The van der Waals surface area contributed by atoms with Gasteiger partial charge in [0.15, 0.2) is 6.10 Å². The second-order valence-corrected chi connectivity index (χ2v) is 7.00. The maximum atomic E-state index is 13.0. The monoisotopic (exact) mass is 432 g/mol. The normalized spacial score (nSPS) is 11.3. The van der Waals surface area contributed by atoms with Gasteiger partial charge >= 0.3 is 5.97 Å². The van der Waals surface area contributed by atoms with Gasteiger partial charge in [0.25, 0.3) is 11.6 Å². The number of benzene rings is 3. The predicted octanol–water partition coefficient (Wildman–Crippen LogP) is 3.80. The van der Waals surface area contributed by atoms with Crippen LogP contribution in [0.25, 0.3) is 0 Å². The first kappa shape index (κ1) is 22.4. The smallest absolute Gasteiger partial charge is 0.326 e. The maximum Gasteiger partial charge on any atom is 0.326 e. The minimum absolute atomic E-state index is 0.156. The van der Waals surface area contributed by atoms with Crippen LogP contribution in [-0.4, -0.2) is 29.1 Å². The summed E-state index contributed by atoms with van der Waals surface area (Å²) in [4.78, 5) is 48.0. The number of hydrogen-bond donors (Lipinski definition) is 1. The largest absolute Gasteiger partial charge is 0.448 e. The van der Waals surface area contributed by atoms with Gasteiger partial charge in [0.05, 0.1) is 4.92 Å². The molecule has 0 unspecified atom stereocenters. The van der Waals surface area contributed by atoms with E-state index in [1.807, 2.05) is 6.92 Å². The topological polar surface area (TPSA) is 116 Å². The molecule has 1 atom stereocenters. The van der Waals surface area contributed by atoms with Crippen LogP contribution in [0.4, 0.5) is 5.69 Å². The van der Waals surface area contributed by atoms with Crippen molar-refractivity contribution < 1.29 is 24.0 Å². The first-order valence-electron chi connectivity index (χ1n) is 9.73. The lowest BCUT2D eigenvalue weighted by Gasteiger charge is -2.17. The summed E-state index contributed by atoms with van der Waals surface area (Å²) in [5.41, 5.74) is 1.81. The number of non-ortho nitro benzene ring substituents is 1. The van der Waals surface area contributed by atoms with E-state index < -0.39 is 35.2 Å². The van der Waals surface area contributed by atoms with Gasteiger partial charge in [-0.25, -0.2) is 0 Å². The van der Waals surface area contributed by atoms with Gasteiger partial charge in [-0.15, -0.1) is 0 Å². The molecule has 32 heavy (non-hydrogen) atoms. The fourth-order valence-electron chi connectivity index (χ4n) is 2.93. The SMILES string of the molecule is Cc1ccc(C(=O)NCC(=O)O[C@@H](C(=O)c2ccccc2)c2ccc([N+](=O)[O-])cc2)cc1. The van der Waals surface area contributed by atoms with Crippen molar-refractivity contribution in [1.82, 2.24) is 5.32 Å². The number of ketones is 1. The number of esters is 1. The summed E-state index contributed by atoms with van der Waals surface area (Å²) in [7, 11) is 0. The molecule has 0 radical (unpaired) electrons. The number of carbonyl (C=O) groups is 3. The minimum atomic E-state index is -1.32. The molecule has 8 heteroatoms. The highest BCUT2D eigenvalue weighted by atomic mass is 16.6. The lowest BCUT2D eigenvalue weighted by atomic mass is 9.99. The molecule has 0 aromatic heterocycles. The molecule has 0 heterocycles. The van der Waals surface area contributed by atoms with Crippen molar-refractivity contribution in [1.29, 1.82) is 0 Å². The van der Waals surface area contributed by atoms with Crippen molar-refractivity contribution in [3.63, 3.8) is 0 Å². The lowest BCUT2D eigenvalue weighted by molar-refractivity contribution is -0.384. The summed E-state index contributed by atoms with van der Waals surface area (Å²) in [6.07, 6.45) is -1.32. The van der Waals surface area contributed by atoms with Gasteiger partial charge in [0.2, 0.25) is 5.78 Å². The second kappa shape index (κ2) is 10.1. The number of nitrogens with one attached hydrogen (secondary N) is 1. The molecule has 0 bridgehead atoms. The van der Waals surface area contributed by atoms with E-state index in [0.29, 0.717) is 11.1 Å². The standard InChI is InChI=1S/C24H20N2O6/c1-16-7-9-19(10-8-16)24(29)25-15-21(27)32-23(22(28)17-5-3-2-4-6-17)18-11-13-20(14-12-18)26(30)31/h2-14,23H,15H2,1H3,(H,25,29)/t23-/m1/s1. The quantitative estimate of drug-likeness (QED) is 0.251. The second-order valence-electron chi connectivity index (χ2n) is 7.00. The van der Waals surface area contributed by atoms with Crippen LogP contribution in [0.2, 0.25) is 0 Å². The number of nitro groups is 1. The Labute approximate surface area is 184 Å². The summed E-state index contributed by atoms with van der Waals surface area (Å²) in [5.74, 6) is -1.76. The van der Waals surface area contributed by atoms with Crippen molar-refractivity contribution >= 4 is 23.3 Å². The summed E-state index contributed by atoms with van der Waals surface area (Å²) in [5, 5.41) is 13.4. The first-order valence-corrected chi connectivity index (χ1v) is 9.73. The molecule has 1 N–H and O–H groups in total. The molecule has 0 aliphatic heterocycles.